The highest BCUT2D eigenvalue weighted by atomic mass is 16.5. The molecule has 4 N–H and O–H groups in total. The van der Waals surface area contributed by atoms with E-state index in [1.54, 1.807) is 6.07 Å². The van der Waals surface area contributed by atoms with Gasteiger partial charge >= 0.3 is 0 Å². The Labute approximate surface area is 105 Å². The monoisotopic (exact) mass is 254 g/mol. The highest BCUT2D eigenvalue weighted by Crippen LogP contribution is 2.26. The van der Waals surface area contributed by atoms with E-state index in [0.29, 0.717) is 31.3 Å². The number of hydrogen-bond donors (Lipinski definition) is 3. The van der Waals surface area contributed by atoms with E-state index < -0.39 is 5.60 Å². The highest BCUT2D eigenvalue weighted by molar-refractivity contribution is 5.43. The first-order chi connectivity index (χ1) is 8.53. The van der Waals surface area contributed by atoms with Crippen molar-refractivity contribution in [2.24, 2.45) is 0 Å². The molecule has 1 aliphatic rings. The van der Waals surface area contributed by atoms with Gasteiger partial charge in [-0.15, -0.1) is 0 Å². The van der Waals surface area contributed by atoms with Gasteiger partial charge in [0.15, 0.2) is 0 Å². The molecule has 0 amide bonds. The topological polar surface area (TPSA) is 103 Å². The van der Waals surface area contributed by atoms with Crippen LogP contribution in [0.2, 0.25) is 0 Å². The molecule has 7 heteroatoms. The molecule has 2 heterocycles. The second-order valence-corrected chi connectivity index (χ2v) is 4.37. The van der Waals surface area contributed by atoms with E-state index in [4.69, 9.17) is 15.2 Å². The second kappa shape index (κ2) is 4.95. The molecule has 7 nitrogen and oxygen atoms in total. The summed E-state index contributed by atoms with van der Waals surface area (Å²) in [6.07, 6.45) is 0.393. The van der Waals surface area contributed by atoms with Gasteiger partial charge < -0.3 is 25.6 Å². The van der Waals surface area contributed by atoms with Gasteiger partial charge in [0, 0.05) is 25.6 Å². The summed E-state index contributed by atoms with van der Waals surface area (Å²) < 4.78 is 10.3. The maximum absolute atomic E-state index is 10.3. The molecule has 2 unspecified atom stereocenters. The number of methoxy groups -OCH3 is 1. The standard InChI is InChI=1S/C11H18N4O3/c1-7-11(16,3-4-18-7)6-13-8-5-9(17-2)15-10(12)14-8/h5,7,16H,3-4,6H2,1-2H3,(H3,12,13,14,15). The molecule has 2 rings (SSSR count). The number of aromatic nitrogens is 2. The zero-order valence-electron chi connectivity index (χ0n) is 10.5. The quantitative estimate of drug-likeness (QED) is 0.696. The summed E-state index contributed by atoms with van der Waals surface area (Å²) in [6.45, 7) is 2.76. The number of nitrogens with zero attached hydrogens (tertiary/aromatic N) is 2. The van der Waals surface area contributed by atoms with Crippen LogP contribution in [0.1, 0.15) is 13.3 Å². The number of anilines is 2. The van der Waals surface area contributed by atoms with Gasteiger partial charge in [-0.3, -0.25) is 0 Å². The summed E-state index contributed by atoms with van der Waals surface area (Å²) >= 11 is 0. The Morgan fingerprint density at radius 1 is 1.67 bits per heavy atom. The molecule has 1 aromatic rings. The predicted octanol–water partition coefficient (Wildman–Crippen LogP) is 0.0192. The van der Waals surface area contributed by atoms with Crippen LogP contribution in [0.3, 0.4) is 0 Å². The van der Waals surface area contributed by atoms with E-state index in [0.717, 1.165) is 0 Å². The molecule has 0 radical (unpaired) electrons. The number of ether oxygens (including phenoxy) is 2. The van der Waals surface area contributed by atoms with Crippen LogP contribution < -0.4 is 15.8 Å². The van der Waals surface area contributed by atoms with E-state index in [2.05, 4.69) is 15.3 Å². The largest absolute Gasteiger partial charge is 0.481 e. The third kappa shape index (κ3) is 2.62. The number of nitrogens with two attached hydrogens (primary N) is 1. The molecule has 18 heavy (non-hydrogen) atoms. The molecule has 1 saturated heterocycles. The minimum atomic E-state index is -0.882. The van der Waals surface area contributed by atoms with Crippen LogP contribution in [-0.4, -0.2) is 47.0 Å². The number of rotatable bonds is 4. The van der Waals surface area contributed by atoms with Crippen molar-refractivity contribution in [3.8, 4) is 5.88 Å². The molecular formula is C11H18N4O3. The molecule has 1 aromatic heterocycles. The smallest absolute Gasteiger partial charge is 0.225 e. The highest BCUT2D eigenvalue weighted by Gasteiger charge is 2.39. The van der Waals surface area contributed by atoms with Crippen molar-refractivity contribution in [1.82, 2.24) is 9.97 Å². The minimum Gasteiger partial charge on any atom is -0.481 e. The summed E-state index contributed by atoms with van der Waals surface area (Å²) in [6, 6.07) is 1.63. The lowest BCUT2D eigenvalue weighted by Crippen LogP contribution is -2.43. The van der Waals surface area contributed by atoms with Gasteiger partial charge in [0.2, 0.25) is 11.8 Å². The van der Waals surface area contributed by atoms with E-state index in [-0.39, 0.29) is 12.1 Å². The molecule has 0 bridgehead atoms. The summed E-state index contributed by atoms with van der Waals surface area (Å²) in [5.41, 5.74) is 4.67. The Hall–Kier alpha value is -1.60. The summed E-state index contributed by atoms with van der Waals surface area (Å²) in [7, 11) is 1.51. The van der Waals surface area contributed by atoms with Gasteiger partial charge in [0.05, 0.1) is 13.2 Å². The van der Waals surface area contributed by atoms with Gasteiger partial charge in [-0.2, -0.15) is 9.97 Å². The van der Waals surface area contributed by atoms with Crippen LogP contribution in [0.25, 0.3) is 0 Å². The van der Waals surface area contributed by atoms with Gasteiger partial charge in [-0.25, -0.2) is 0 Å². The van der Waals surface area contributed by atoms with E-state index in [1.165, 1.54) is 7.11 Å². The number of aliphatic hydroxyl groups is 1. The van der Waals surface area contributed by atoms with Crippen molar-refractivity contribution < 1.29 is 14.6 Å². The lowest BCUT2D eigenvalue weighted by atomic mass is 9.97. The predicted molar refractivity (Wildman–Crippen MR) is 66.5 cm³/mol. The lowest BCUT2D eigenvalue weighted by molar-refractivity contribution is -0.0176. The van der Waals surface area contributed by atoms with Crippen molar-refractivity contribution in [3.63, 3.8) is 0 Å². The van der Waals surface area contributed by atoms with Crippen molar-refractivity contribution in [3.05, 3.63) is 6.07 Å². The second-order valence-electron chi connectivity index (χ2n) is 4.37. The lowest BCUT2D eigenvalue weighted by Gasteiger charge is -2.26. The molecule has 0 spiro atoms. The fourth-order valence-corrected chi connectivity index (χ4v) is 1.88. The Morgan fingerprint density at radius 2 is 2.44 bits per heavy atom. The first kappa shape index (κ1) is 12.8. The van der Waals surface area contributed by atoms with E-state index >= 15 is 0 Å². The molecule has 1 fully saturated rings. The van der Waals surface area contributed by atoms with Gasteiger partial charge in [-0.05, 0) is 6.92 Å². The van der Waals surface area contributed by atoms with Crippen molar-refractivity contribution in [2.75, 3.05) is 31.3 Å². The molecule has 1 aliphatic heterocycles. The Balaban J connectivity index is 2.04. The van der Waals surface area contributed by atoms with Crippen LogP contribution >= 0.6 is 0 Å². The number of hydrogen-bond acceptors (Lipinski definition) is 7. The average molecular weight is 254 g/mol. The van der Waals surface area contributed by atoms with Gasteiger partial charge in [0.1, 0.15) is 11.4 Å². The Morgan fingerprint density at radius 3 is 3.06 bits per heavy atom. The maximum Gasteiger partial charge on any atom is 0.225 e. The third-order valence-corrected chi connectivity index (χ3v) is 3.16. The van der Waals surface area contributed by atoms with Crippen LogP contribution in [0, 0.1) is 0 Å². The summed E-state index contributed by atoms with van der Waals surface area (Å²) in [4.78, 5) is 7.90. The number of nitrogen functional groups attached to an aromatic ring is 1. The summed E-state index contributed by atoms with van der Waals surface area (Å²) in [5.74, 6) is 1.03. The molecular weight excluding hydrogens is 236 g/mol. The molecule has 0 aliphatic carbocycles. The van der Waals surface area contributed by atoms with Crippen molar-refractivity contribution >= 4 is 11.8 Å². The van der Waals surface area contributed by atoms with Crippen molar-refractivity contribution in [2.45, 2.75) is 25.0 Å². The molecule has 100 valence electrons. The normalized spacial score (nSPS) is 27.2. The van der Waals surface area contributed by atoms with Gasteiger partial charge in [0.25, 0.3) is 0 Å². The van der Waals surface area contributed by atoms with E-state index in [1.807, 2.05) is 6.92 Å². The minimum absolute atomic E-state index is 0.125. The van der Waals surface area contributed by atoms with Crippen LogP contribution in [-0.2, 0) is 4.74 Å². The van der Waals surface area contributed by atoms with Crippen LogP contribution in [0.4, 0.5) is 11.8 Å². The van der Waals surface area contributed by atoms with E-state index in [9.17, 15) is 5.11 Å². The Bertz CT molecular complexity index is 429. The third-order valence-electron chi connectivity index (χ3n) is 3.16. The Kier molecular flexibility index (Phi) is 3.53. The first-order valence-corrected chi connectivity index (χ1v) is 5.80. The van der Waals surface area contributed by atoms with Crippen LogP contribution in [0.15, 0.2) is 6.07 Å². The molecule has 2 atom stereocenters. The molecule has 0 aromatic carbocycles. The fraction of sp³-hybridized carbons (Fsp3) is 0.636. The fourth-order valence-electron chi connectivity index (χ4n) is 1.88. The zero-order chi connectivity index (χ0) is 13.2. The van der Waals surface area contributed by atoms with Crippen molar-refractivity contribution in [1.29, 1.82) is 0 Å². The average Bonchev–Trinajstić information content (AvgIpc) is 2.67. The maximum atomic E-state index is 10.3. The van der Waals surface area contributed by atoms with Gasteiger partial charge in [-0.1, -0.05) is 0 Å². The first-order valence-electron chi connectivity index (χ1n) is 5.80. The zero-order valence-corrected chi connectivity index (χ0v) is 10.5. The van der Waals surface area contributed by atoms with Crippen LogP contribution in [0.5, 0.6) is 5.88 Å². The SMILES string of the molecule is COc1cc(NCC2(O)CCOC2C)nc(N)n1. The summed E-state index contributed by atoms with van der Waals surface area (Å²) in [5, 5.41) is 13.4. The molecule has 0 saturated carbocycles. The number of nitrogens with one attached hydrogen (secondary N) is 1.